The Kier molecular flexibility index (Phi) is 8.67. The fourth-order valence-corrected chi connectivity index (χ4v) is 3.74. The van der Waals surface area contributed by atoms with Crippen LogP contribution in [0.2, 0.25) is 0 Å². The number of likely N-dealkylation sites (tertiary alicyclic amines) is 1. The van der Waals surface area contributed by atoms with E-state index in [1.807, 2.05) is 30.3 Å². The largest absolute Gasteiger partial charge is 0.385 e. The van der Waals surface area contributed by atoms with E-state index in [0.29, 0.717) is 32.1 Å². The molecule has 2 saturated heterocycles. The molecule has 2 aliphatic rings. The first kappa shape index (κ1) is 23.1. The van der Waals surface area contributed by atoms with Crippen LogP contribution < -0.4 is 5.32 Å². The van der Waals surface area contributed by atoms with Crippen LogP contribution in [-0.2, 0) is 4.74 Å². The van der Waals surface area contributed by atoms with Gasteiger partial charge in [-0.1, -0.05) is 35.5 Å². The van der Waals surface area contributed by atoms with Crippen LogP contribution >= 0.6 is 24.8 Å². The van der Waals surface area contributed by atoms with Crippen molar-refractivity contribution in [3.63, 3.8) is 0 Å². The van der Waals surface area contributed by atoms with Gasteiger partial charge < -0.3 is 24.6 Å². The molecule has 4 rings (SSSR count). The molecule has 0 aliphatic carbocycles. The summed E-state index contributed by atoms with van der Waals surface area (Å²) in [5.41, 5.74) is 0.164. The van der Waals surface area contributed by atoms with Crippen molar-refractivity contribution in [1.29, 1.82) is 0 Å². The average Bonchev–Trinajstić information content (AvgIpc) is 3.07. The fraction of sp³-hybridized carbons (Fsp3) is 0.579. The highest BCUT2D eigenvalue weighted by molar-refractivity contribution is 5.85. The smallest absolute Gasteiger partial charge is 0.230 e. The summed E-state index contributed by atoms with van der Waals surface area (Å²) in [5, 5.41) is 18.1. The molecule has 2 fully saturated rings. The molecule has 1 aromatic carbocycles. The number of β-amino-alcohol motifs (C(OH)–C–C–N with tert-alkyl or cyclic N) is 1. The molecule has 1 atom stereocenters. The number of halogens is 2. The highest BCUT2D eigenvalue weighted by Gasteiger charge is 2.34. The number of benzene rings is 1. The maximum Gasteiger partial charge on any atom is 0.230 e. The molecule has 0 saturated carbocycles. The van der Waals surface area contributed by atoms with Crippen LogP contribution in [0, 0.1) is 0 Å². The first-order chi connectivity index (χ1) is 12.7. The highest BCUT2D eigenvalue weighted by atomic mass is 35.5. The number of hydrogen-bond donors (Lipinski definition) is 2. The Morgan fingerprint density at radius 1 is 1.18 bits per heavy atom. The Labute approximate surface area is 177 Å². The average molecular weight is 431 g/mol. The Bertz CT molecular complexity index is 700. The van der Waals surface area contributed by atoms with E-state index in [2.05, 4.69) is 20.4 Å². The topological polar surface area (TPSA) is 83.7 Å². The Morgan fingerprint density at radius 3 is 2.68 bits per heavy atom. The van der Waals surface area contributed by atoms with Crippen LogP contribution in [0.25, 0.3) is 11.4 Å². The molecule has 0 bridgehead atoms. The summed E-state index contributed by atoms with van der Waals surface area (Å²) in [6.07, 6.45) is 1.92. The van der Waals surface area contributed by atoms with Gasteiger partial charge in [-0.05, 0) is 25.9 Å². The Balaban J connectivity index is 0.00000140. The molecule has 1 aromatic heterocycles. The number of nitrogens with one attached hydrogen (secondary N) is 1. The standard InChI is InChI=1S/C19H26N4O3.2ClH/c24-19(12-20-8-11-25-14-19)13-23-9-6-16(7-10-23)18-21-17(22-26-18)15-4-2-1-3-5-15;;/h1-5,16,20,24H,6-14H2;2*1H. The maximum atomic E-state index is 10.7. The zero-order valence-corrected chi connectivity index (χ0v) is 17.4. The number of nitrogens with zero attached hydrogens (tertiary/aromatic N) is 3. The molecular formula is C19H28Cl2N4O3. The van der Waals surface area contributed by atoms with Crippen molar-refractivity contribution < 1.29 is 14.4 Å². The zero-order valence-electron chi connectivity index (χ0n) is 15.7. The highest BCUT2D eigenvalue weighted by Crippen LogP contribution is 2.29. The molecule has 1 unspecified atom stereocenters. The molecule has 0 radical (unpaired) electrons. The van der Waals surface area contributed by atoms with Crippen LogP contribution in [0.1, 0.15) is 24.7 Å². The summed E-state index contributed by atoms with van der Waals surface area (Å²) >= 11 is 0. The first-order valence-electron chi connectivity index (χ1n) is 9.34. The van der Waals surface area contributed by atoms with Gasteiger partial charge in [0.15, 0.2) is 0 Å². The van der Waals surface area contributed by atoms with Gasteiger partial charge in [-0.3, -0.25) is 0 Å². The Hall–Kier alpha value is -1.22. The van der Waals surface area contributed by atoms with Crippen LogP contribution in [0.3, 0.4) is 0 Å². The summed E-state index contributed by atoms with van der Waals surface area (Å²) < 4.78 is 11.0. The van der Waals surface area contributed by atoms with E-state index in [1.54, 1.807) is 0 Å². The molecule has 28 heavy (non-hydrogen) atoms. The third-order valence-electron chi connectivity index (χ3n) is 5.18. The predicted molar refractivity (Wildman–Crippen MR) is 111 cm³/mol. The van der Waals surface area contributed by atoms with Crippen LogP contribution in [0.4, 0.5) is 0 Å². The third kappa shape index (κ3) is 5.65. The monoisotopic (exact) mass is 430 g/mol. The van der Waals surface area contributed by atoms with Crippen molar-refractivity contribution in [1.82, 2.24) is 20.4 Å². The molecule has 0 amide bonds. The molecule has 2 aromatic rings. The lowest BCUT2D eigenvalue weighted by Gasteiger charge is -2.36. The number of piperidine rings is 1. The van der Waals surface area contributed by atoms with Crippen LogP contribution in [0.15, 0.2) is 34.9 Å². The van der Waals surface area contributed by atoms with E-state index in [1.165, 1.54) is 0 Å². The molecule has 9 heteroatoms. The Morgan fingerprint density at radius 2 is 1.93 bits per heavy atom. The van der Waals surface area contributed by atoms with Crippen LogP contribution in [0.5, 0.6) is 0 Å². The second-order valence-corrected chi connectivity index (χ2v) is 7.33. The molecule has 2 N–H and O–H groups in total. The number of aliphatic hydroxyl groups is 1. The number of ether oxygens (including phenoxy) is 1. The second-order valence-electron chi connectivity index (χ2n) is 7.33. The van der Waals surface area contributed by atoms with Crippen molar-refractivity contribution in [3.05, 3.63) is 36.2 Å². The van der Waals surface area contributed by atoms with Crippen molar-refractivity contribution in [2.24, 2.45) is 0 Å². The van der Waals surface area contributed by atoms with Crippen molar-refractivity contribution >= 4 is 24.8 Å². The van der Waals surface area contributed by atoms with Gasteiger partial charge in [0.05, 0.1) is 13.2 Å². The molecule has 0 spiro atoms. The summed E-state index contributed by atoms with van der Waals surface area (Å²) in [7, 11) is 0. The quantitative estimate of drug-likeness (QED) is 0.767. The molecule has 3 heterocycles. The van der Waals surface area contributed by atoms with Crippen molar-refractivity contribution in [2.45, 2.75) is 24.4 Å². The minimum Gasteiger partial charge on any atom is -0.385 e. The first-order valence-corrected chi connectivity index (χ1v) is 9.34. The van der Waals surface area contributed by atoms with Gasteiger partial charge in [0.25, 0.3) is 0 Å². The fourth-order valence-electron chi connectivity index (χ4n) is 3.74. The van der Waals surface area contributed by atoms with E-state index in [-0.39, 0.29) is 30.7 Å². The van der Waals surface area contributed by atoms with E-state index in [4.69, 9.17) is 9.26 Å². The molecule has 156 valence electrons. The van der Waals surface area contributed by atoms with E-state index >= 15 is 0 Å². The summed E-state index contributed by atoms with van der Waals surface area (Å²) in [6.45, 7) is 4.88. The summed E-state index contributed by atoms with van der Waals surface area (Å²) in [5.74, 6) is 1.66. The molecular weight excluding hydrogens is 403 g/mol. The SMILES string of the molecule is Cl.Cl.OC1(CN2CCC(c3nc(-c4ccccc4)no3)CC2)CNCCOC1. The third-order valence-corrected chi connectivity index (χ3v) is 5.18. The van der Waals surface area contributed by atoms with Crippen molar-refractivity contribution in [2.75, 3.05) is 45.9 Å². The lowest BCUT2D eigenvalue weighted by atomic mass is 9.95. The van der Waals surface area contributed by atoms with Gasteiger partial charge in [0, 0.05) is 31.1 Å². The van der Waals surface area contributed by atoms with E-state index < -0.39 is 5.60 Å². The molecule has 2 aliphatic heterocycles. The lowest BCUT2D eigenvalue weighted by molar-refractivity contribution is -0.0523. The van der Waals surface area contributed by atoms with Gasteiger partial charge in [-0.15, -0.1) is 24.8 Å². The van der Waals surface area contributed by atoms with Crippen molar-refractivity contribution in [3.8, 4) is 11.4 Å². The van der Waals surface area contributed by atoms with Gasteiger partial charge in [0.1, 0.15) is 5.60 Å². The normalized spacial score (nSPS) is 24.0. The second kappa shape index (κ2) is 10.5. The van der Waals surface area contributed by atoms with Gasteiger partial charge >= 0.3 is 0 Å². The number of rotatable bonds is 4. The minimum atomic E-state index is -0.811. The summed E-state index contributed by atoms with van der Waals surface area (Å²) in [6, 6.07) is 9.89. The minimum absolute atomic E-state index is 0. The van der Waals surface area contributed by atoms with E-state index in [0.717, 1.165) is 43.9 Å². The number of hydrogen-bond acceptors (Lipinski definition) is 7. The lowest BCUT2D eigenvalue weighted by Crippen LogP contribution is -2.52. The maximum absolute atomic E-state index is 10.7. The van der Waals surface area contributed by atoms with Crippen LogP contribution in [-0.4, -0.2) is 71.7 Å². The van der Waals surface area contributed by atoms with Gasteiger partial charge in [-0.2, -0.15) is 4.98 Å². The van der Waals surface area contributed by atoms with E-state index in [9.17, 15) is 5.11 Å². The number of aromatic nitrogens is 2. The predicted octanol–water partition coefficient (Wildman–Crippen LogP) is 2.11. The van der Waals surface area contributed by atoms with Gasteiger partial charge in [0.2, 0.25) is 11.7 Å². The van der Waals surface area contributed by atoms with Gasteiger partial charge in [-0.25, -0.2) is 0 Å². The zero-order chi connectivity index (χ0) is 17.8. The molecule has 7 nitrogen and oxygen atoms in total. The summed E-state index contributed by atoms with van der Waals surface area (Å²) in [4.78, 5) is 6.90.